The maximum atomic E-state index is 14.8. The van der Waals surface area contributed by atoms with Crippen molar-refractivity contribution >= 4 is 33.4 Å². The van der Waals surface area contributed by atoms with E-state index in [1.165, 1.54) is 18.2 Å². The van der Waals surface area contributed by atoms with Crippen LogP contribution in [0.1, 0.15) is 22.9 Å². The molecule has 1 fully saturated rings. The van der Waals surface area contributed by atoms with Crippen molar-refractivity contribution < 1.29 is 23.1 Å². The number of amides is 2. The summed E-state index contributed by atoms with van der Waals surface area (Å²) in [7, 11) is 0. The van der Waals surface area contributed by atoms with E-state index in [0.717, 1.165) is 15.7 Å². The van der Waals surface area contributed by atoms with Crippen LogP contribution in [0.2, 0.25) is 0 Å². The molecular weight excluding hydrogens is 558 g/mol. The average Bonchev–Trinajstić information content (AvgIpc) is 3.59. The zero-order valence-electron chi connectivity index (χ0n) is 20.0. The van der Waals surface area contributed by atoms with Crippen molar-refractivity contribution in [1.82, 2.24) is 14.7 Å². The molecule has 1 saturated heterocycles. The van der Waals surface area contributed by atoms with Gasteiger partial charge in [0.05, 0.1) is 12.1 Å². The van der Waals surface area contributed by atoms with Crippen LogP contribution in [0.15, 0.2) is 71.3 Å². The molecule has 4 aromatic rings. The number of halogens is 3. The van der Waals surface area contributed by atoms with E-state index in [-0.39, 0.29) is 43.6 Å². The minimum atomic E-state index is -0.757. The molecule has 10 heteroatoms. The van der Waals surface area contributed by atoms with Gasteiger partial charge in [-0.05, 0) is 72.1 Å². The topological polar surface area (TPSA) is 76.5 Å². The summed E-state index contributed by atoms with van der Waals surface area (Å²) in [6.45, 7) is 0.0784. The molecule has 0 aliphatic carbocycles. The van der Waals surface area contributed by atoms with Gasteiger partial charge in [-0.15, -0.1) is 0 Å². The number of anilines is 1. The van der Waals surface area contributed by atoms with Gasteiger partial charge in [-0.2, -0.15) is 5.10 Å². The standard InChI is InChI=1S/C28H21BrF2N4O3/c29-19-3-7-21(8-4-19)35-14-22(27(33-35)16-1-5-20(30)6-2-16)28-34(26(37)15-38-28)10-9-17-11-18-12-25(36)32-24(18)13-23(17)31/h1-8,11,13-14,28H,9-10,12,15H2,(H,32,36). The molecule has 1 unspecified atom stereocenters. The van der Waals surface area contributed by atoms with E-state index < -0.39 is 12.0 Å². The molecule has 2 aliphatic rings. The Labute approximate surface area is 225 Å². The number of nitrogens with zero attached hydrogens (tertiary/aromatic N) is 3. The van der Waals surface area contributed by atoms with Gasteiger partial charge in [0.2, 0.25) is 5.91 Å². The minimum Gasteiger partial charge on any atom is -0.344 e. The summed E-state index contributed by atoms with van der Waals surface area (Å²) in [4.78, 5) is 26.1. The Morgan fingerprint density at radius 3 is 2.58 bits per heavy atom. The van der Waals surface area contributed by atoms with Crippen molar-refractivity contribution in [3.63, 3.8) is 0 Å². The number of fused-ring (bicyclic) bond motifs is 1. The number of benzene rings is 3. The molecule has 1 N–H and O–H groups in total. The van der Waals surface area contributed by atoms with Gasteiger partial charge in [0, 0.05) is 34.0 Å². The van der Waals surface area contributed by atoms with Gasteiger partial charge in [0.1, 0.15) is 23.9 Å². The zero-order chi connectivity index (χ0) is 26.4. The van der Waals surface area contributed by atoms with Crippen molar-refractivity contribution in [2.45, 2.75) is 19.1 Å². The number of hydrogen-bond acceptors (Lipinski definition) is 4. The van der Waals surface area contributed by atoms with E-state index >= 15 is 0 Å². The Balaban J connectivity index is 1.33. The molecule has 1 aromatic heterocycles. The third-order valence-corrected chi connectivity index (χ3v) is 7.23. The monoisotopic (exact) mass is 578 g/mol. The number of aromatic nitrogens is 2. The lowest BCUT2D eigenvalue weighted by molar-refractivity contribution is -0.128. The van der Waals surface area contributed by atoms with Gasteiger partial charge in [-0.3, -0.25) is 9.59 Å². The third-order valence-electron chi connectivity index (χ3n) is 6.70. The predicted molar refractivity (Wildman–Crippen MR) is 140 cm³/mol. The van der Waals surface area contributed by atoms with Gasteiger partial charge in [-0.25, -0.2) is 13.5 Å². The number of carbonyl (C=O) groups excluding carboxylic acids is 2. The van der Waals surface area contributed by atoms with E-state index in [1.54, 1.807) is 34.0 Å². The fourth-order valence-corrected chi connectivity index (χ4v) is 5.08. The van der Waals surface area contributed by atoms with E-state index in [9.17, 15) is 18.4 Å². The van der Waals surface area contributed by atoms with Gasteiger partial charge < -0.3 is 15.0 Å². The summed E-state index contributed by atoms with van der Waals surface area (Å²) in [5.74, 6) is -1.21. The third kappa shape index (κ3) is 4.61. The second kappa shape index (κ2) is 9.77. The predicted octanol–water partition coefficient (Wildman–Crippen LogP) is 5.17. The van der Waals surface area contributed by atoms with E-state index in [4.69, 9.17) is 9.84 Å². The summed E-state index contributed by atoms with van der Waals surface area (Å²) >= 11 is 3.43. The summed E-state index contributed by atoms with van der Waals surface area (Å²) in [6, 6.07) is 16.5. The van der Waals surface area contributed by atoms with Crippen LogP contribution < -0.4 is 5.32 Å². The van der Waals surface area contributed by atoms with Crippen LogP contribution in [-0.4, -0.2) is 39.6 Å². The second-order valence-electron chi connectivity index (χ2n) is 9.19. The molecule has 6 rings (SSSR count). The SMILES string of the molecule is O=C1Cc2cc(CCN3C(=O)COC3c3cn(-c4ccc(Br)cc4)nc3-c3ccc(F)cc3)c(F)cc2N1. The van der Waals surface area contributed by atoms with Crippen LogP contribution in [0.5, 0.6) is 0 Å². The van der Waals surface area contributed by atoms with E-state index in [1.807, 2.05) is 24.3 Å². The number of ether oxygens (including phenoxy) is 1. The Morgan fingerprint density at radius 2 is 1.82 bits per heavy atom. The molecular formula is C28H21BrF2N4O3. The van der Waals surface area contributed by atoms with Crippen LogP contribution in [0.25, 0.3) is 16.9 Å². The normalized spacial score (nSPS) is 16.7. The van der Waals surface area contributed by atoms with Crippen LogP contribution >= 0.6 is 15.9 Å². The van der Waals surface area contributed by atoms with E-state index in [0.29, 0.717) is 28.1 Å². The summed E-state index contributed by atoms with van der Waals surface area (Å²) in [6.07, 6.45) is 1.48. The second-order valence-corrected chi connectivity index (χ2v) is 10.1. The number of hydrogen-bond donors (Lipinski definition) is 1. The minimum absolute atomic E-state index is 0.123. The first-order valence-corrected chi connectivity index (χ1v) is 12.8. The van der Waals surface area contributed by atoms with Gasteiger partial charge >= 0.3 is 0 Å². The number of rotatable bonds is 6. The molecule has 0 radical (unpaired) electrons. The molecule has 3 heterocycles. The quantitative estimate of drug-likeness (QED) is 0.342. The molecule has 0 bridgehead atoms. The van der Waals surface area contributed by atoms with Crippen molar-refractivity contribution in [2.75, 3.05) is 18.5 Å². The highest BCUT2D eigenvalue weighted by Gasteiger charge is 2.36. The number of nitrogens with one attached hydrogen (secondary N) is 1. The lowest BCUT2D eigenvalue weighted by Crippen LogP contribution is -2.31. The molecule has 1 atom stereocenters. The van der Waals surface area contributed by atoms with Crippen LogP contribution in [0.4, 0.5) is 14.5 Å². The van der Waals surface area contributed by atoms with Crippen LogP contribution in [0.3, 0.4) is 0 Å². The van der Waals surface area contributed by atoms with Crippen LogP contribution in [0, 0.1) is 11.6 Å². The molecule has 192 valence electrons. The first-order valence-electron chi connectivity index (χ1n) is 12.0. The van der Waals surface area contributed by atoms with Crippen molar-refractivity contribution in [2.24, 2.45) is 0 Å². The molecule has 2 amide bonds. The summed E-state index contributed by atoms with van der Waals surface area (Å²) in [5.41, 5.74) is 4.29. The Kier molecular flexibility index (Phi) is 6.29. The lowest BCUT2D eigenvalue weighted by Gasteiger charge is -2.23. The molecule has 0 spiro atoms. The first-order chi connectivity index (χ1) is 18.4. The van der Waals surface area contributed by atoms with Crippen LogP contribution in [-0.2, 0) is 27.2 Å². The number of carbonyl (C=O) groups is 2. The fraction of sp³-hybridized carbons (Fsp3) is 0.179. The van der Waals surface area contributed by atoms with Crippen molar-refractivity contribution in [3.05, 3.63) is 99.7 Å². The summed E-state index contributed by atoms with van der Waals surface area (Å²) in [5, 5.41) is 7.40. The smallest absolute Gasteiger partial charge is 0.250 e. The Hall–Kier alpha value is -3.89. The van der Waals surface area contributed by atoms with Gasteiger partial charge in [-0.1, -0.05) is 22.0 Å². The first kappa shape index (κ1) is 24.4. The highest BCUT2D eigenvalue weighted by atomic mass is 79.9. The molecule has 38 heavy (non-hydrogen) atoms. The largest absolute Gasteiger partial charge is 0.344 e. The summed E-state index contributed by atoms with van der Waals surface area (Å²) < 4.78 is 37.0. The Bertz CT molecular complexity index is 1550. The van der Waals surface area contributed by atoms with Gasteiger partial charge in [0.25, 0.3) is 5.91 Å². The fourth-order valence-electron chi connectivity index (χ4n) is 4.81. The molecule has 0 saturated carbocycles. The highest BCUT2D eigenvalue weighted by molar-refractivity contribution is 9.10. The van der Waals surface area contributed by atoms with Gasteiger partial charge in [0.15, 0.2) is 6.23 Å². The zero-order valence-corrected chi connectivity index (χ0v) is 21.5. The van der Waals surface area contributed by atoms with E-state index in [2.05, 4.69) is 21.2 Å². The lowest BCUT2D eigenvalue weighted by atomic mass is 10.0. The maximum absolute atomic E-state index is 14.8. The molecule has 3 aromatic carbocycles. The van der Waals surface area contributed by atoms with Crippen molar-refractivity contribution in [1.29, 1.82) is 0 Å². The Morgan fingerprint density at radius 1 is 1.05 bits per heavy atom. The van der Waals surface area contributed by atoms with Crippen molar-refractivity contribution in [3.8, 4) is 16.9 Å². The highest BCUT2D eigenvalue weighted by Crippen LogP contribution is 2.36. The average molecular weight is 579 g/mol. The molecule has 7 nitrogen and oxygen atoms in total. The maximum Gasteiger partial charge on any atom is 0.250 e. The molecule has 2 aliphatic heterocycles.